The minimum atomic E-state index is -0.0982. The third-order valence-electron chi connectivity index (χ3n) is 3.07. The van der Waals surface area contributed by atoms with Crippen molar-refractivity contribution >= 4 is 11.8 Å². The fraction of sp³-hybridized carbons (Fsp3) is 0.750. The zero-order chi connectivity index (χ0) is 8.29. The third-order valence-corrected chi connectivity index (χ3v) is 3.07. The van der Waals surface area contributed by atoms with E-state index in [9.17, 15) is 9.59 Å². The predicted molar refractivity (Wildman–Crippen MR) is 38.0 cm³/mol. The number of nitrogens with one attached hydrogen (secondary N) is 1. The Morgan fingerprint density at radius 2 is 1.58 bits per heavy atom. The average Bonchev–Trinajstić information content (AvgIpc) is 2.73. The van der Waals surface area contributed by atoms with Gasteiger partial charge in [0.15, 0.2) is 0 Å². The van der Waals surface area contributed by atoms with E-state index in [0.29, 0.717) is 0 Å². The van der Waals surface area contributed by atoms with Gasteiger partial charge in [0.2, 0.25) is 11.8 Å². The Kier molecular flexibility index (Phi) is 1.03. The van der Waals surface area contributed by atoms with E-state index in [1.54, 1.807) is 0 Å². The second kappa shape index (κ2) is 1.88. The van der Waals surface area contributed by atoms with Gasteiger partial charge < -0.3 is 4.74 Å². The van der Waals surface area contributed by atoms with Crippen LogP contribution >= 0.6 is 0 Å². The highest BCUT2D eigenvalue weighted by Gasteiger charge is 2.55. The first-order chi connectivity index (χ1) is 5.75. The highest BCUT2D eigenvalue weighted by Crippen LogP contribution is 2.44. The fourth-order valence-electron chi connectivity index (χ4n) is 2.31. The standard InChI is InChI=1S/C8H9NO3/c10-7-3-1-5-6(12-5)2-4(3)8(11)9-7/h3-6H,1-2H2,(H,9,10,11)/t3-,4-,5-,6+/m0/s1. The van der Waals surface area contributed by atoms with Crippen LogP contribution in [0.1, 0.15) is 12.8 Å². The van der Waals surface area contributed by atoms with Crippen molar-refractivity contribution in [1.82, 2.24) is 5.32 Å². The van der Waals surface area contributed by atoms with Gasteiger partial charge in [-0.1, -0.05) is 0 Å². The summed E-state index contributed by atoms with van der Waals surface area (Å²) in [5.74, 6) is -0.389. The number of carbonyl (C=O) groups excluding carboxylic acids is 2. The Morgan fingerprint density at radius 1 is 1.08 bits per heavy atom. The van der Waals surface area contributed by atoms with E-state index in [-0.39, 0.29) is 35.9 Å². The summed E-state index contributed by atoms with van der Waals surface area (Å²) >= 11 is 0. The van der Waals surface area contributed by atoms with Crippen LogP contribution in [0.25, 0.3) is 0 Å². The summed E-state index contributed by atoms with van der Waals surface area (Å²) in [7, 11) is 0. The van der Waals surface area contributed by atoms with E-state index < -0.39 is 0 Å². The lowest BCUT2D eigenvalue weighted by atomic mass is 9.81. The van der Waals surface area contributed by atoms with Crippen LogP contribution in [0.3, 0.4) is 0 Å². The first-order valence-electron chi connectivity index (χ1n) is 4.26. The quantitative estimate of drug-likeness (QED) is 0.388. The molecule has 1 saturated carbocycles. The van der Waals surface area contributed by atoms with Gasteiger partial charge in [-0.05, 0) is 12.8 Å². The zero-order valence-corrected chi connectivity index (χ0v) is 6.45. The summed E-state index contributed by atoms with van der Waals surface area (Å²) in [5, 5.41) is 2.37. The van der Waals surface area contributed by atoms with Crippen LogP contribution in [0, 0.1) is 11.8 Å². The van der Waals surface area contributed by atoms with Crippen molar-refractivity contribution in [3.05, 3.63) is 0 Å². The Labute approximate surface area is 69.3 Å². The zero-order valence-electron chi connectivity index (χ0n) is 6.45. The van der Waals surface area contributed by atoms with Gasteiger partial charge in [-0.2, -0.15) is 0 Å². The van der Waals surface area contributed by atoms with Gasteiger partial charge in [-0.25, -0.2) is 0 Å². The summed E-state index contributed by atoms with van der Waals surface area (Å²) < 4.78 is 5.28. The minimum absolute atomic E-state index is 0.0961. The Bertz CT molecular complexity index is 249. The topological polar surface area (TPSA) is 58.7 Å². The number of imide groups is 1. The highest BCUT2D eigenvalue weighted by molar-refractivity contribution is 6.05. The number of fused-ring (bicyclic) bond motifs is 2. The molecule has 4 atom stereocenters. The second-order valence-corrected chi connectivity index (χ2v) is 3.75. The summed E-state index contributed by atoms with van der Waals surface area (Å²) in [6, 6.07) is 0. The molecule has 3 rings (SSSR count). The van der Waals surface area contributed by atoms with Gasteiger partial charge in [0.25, 0.3) is 0 Å². The Morgan fingerprint density at radius 3 is 2.08 bits per heavy atom. The van der Waals surface area contributed by atoms with Crippen LogP contribution in [-0.4, -0.2) is 24.0 Å². The summed E-state index contributed by atoms with van der Waals surface area (Å²) in [6.07, 6.45) is 2.02. The molecular weight excluding hydrogens is 158 g/mol. The smallest absolute Gasteiger partial charge is 0.230 e. The maximum atomic E-state index is 11.2. The van der Waals surface area contributed by atoms with Crippen molar-refractivity contribution in [1.29, 1.82) is 0 Å². The van der Waals surface area contributed by atoms with Crippen molar-refractivity contribution in [3.8, 4) is 0 Å². The molecule has 0 spiro atoms. The van der Waals surface area contributed by atoms with Crippen molar-refractivity contribution in [2.45, 2.75) is 25.0 Å². The molecule has 3 aliphatic rings. The molecule has 2 saturated heterocycles. The number of epoxide rings is 1. The molecule has 1 aliphatic carbocycles. The SMILES string of the molecule is O=C1NC(=O)[C@H]2C[C@H]3O[C@H]3C[C@H]12. The van der Waals surface area contributed by atoms with Gasteiger partial charge in [-0.15, -0.1) is 0 Å². The second-order valence-electron chi connectivity index (χ2n) is 3.75. The minimum Gasteiger partial charge on any atom is -0.370 e. The molecule has 0 aromatic carbocycles. The van der Waals surface area contributed by atoms with E-state index in [0.717, 1.165) is 12.8 Å². The molecule has 3 fully saturated rings. The Balaban J connectivity index is 1.90. The van der Waals surface area contributed by atoms with E-state index in [1.807, 2.05) is 0 Å². The van der Waals surface area contributed by atoms with E-state index in [1.165, 1.54) is 0 Å². The molecular formula is C8H9NO3. The number of hydrogen-bond acceptors (Lipinski definition) is 3. The number of carbonyl (C=O) groups is 2. The van der Waals surface area contributed by atoms with Gasteiger partial charge >= 0.3 is 0 Å². The summed E-state index contributed by atoms with van der Waals surface area (Å²) in [4.78, 5) is 22.4. The lowest BCUT2D eigenvalue weighted by molar-refractivity contribution is -0.126. The van der Waals surface area contributed by atoms with Gasteiger partial charge in [0.1, 0.15) is 0 Å². The van der Waals surface area contributed by atoms with Crippen LogP contribution < -0.4 is 5.32 Å². The van der Waals surface area contributed by atoms with Crippen LogP contribution in [-0.2, 0) is 14.3 Å². The first kappa shape index (κ1) is 6.60. The van der Waals surface area contributed by atoms with Crippen LogP contribution in [0.5, 0.6) is 0 Å². The molecule has 0 aromatic rings. The molecule has 2 heterocycles. The molecule has 4 nitrogen and oxygen atoms in total. The Hall–Kier alpha value is -0.900. The van der Waals surface area contributed by atoms with Crippen molar-refractivity contribution in [2.24, 2.45) is 11.8 Å². The number of ether oxygens (including phenoxy) is 1. The van der Waals surface area contributed by atoms with Crippen LogP contribution in [0.4, 0.5) is 0 Å². The molecule has 2 amide bonds. The molecule has 64 valence electrons. The van der Waals surface area contributed by atoms with Crippen molar-refractivity contribution in [2.75, 3.05) is 0 Å². The molecule has 1 N–H and O–H groups in total. The van der Waals surface area contributed by atoms with Crippen LogP contribution in [0.15, 0.2) is 0 Å². The largest absolute Gasteiger partial charge is 0.370 e. The monoisotopic (exact) mass is 167 g/mol. The van der Waals surface area contributed by atoms with Gasteiger partial charge in [0, 0.05) is 0 Å². The molecule has 0 bridgehead atoms. The highest BCUT2D eigenvalue weighted by atomic mass is 16.6. The predicted octanol–water partition coefficient (Wildman–Crippen LogP) is -0.564. The summed E-state index contributed by atoms with van der Waals surface area (Å²) in [5.41, 5.74) is 0. The number of hydrogen-bond donors (Lipinski definition) is 1. The van der Waals surface area contributed by atoms with E-state index in [4.69, 9.17) is 4.74 Å². The van der Waals surface area contributed by atoms with Gasteiger partial charge in [0.05, 0.1) is 24.0 Å². The van der Waals surface area contributed by atoms with Gasteiger partial charge in [-0.3, -0.25) is 14.9 Å². The number of amides is 2. The van der Waals surface area contributed by atoms with E-state index >= 15 is 0 Å². The van der Waals surface area contributed by atoms with E-state index in [2.05, 4.69) is 5.32 Å². The molecule has 2 aliphatic heterocycles. The maximum Gasteiger partial charge on any atom is 0.230 e. The number of rotatable bonds is 0. The molecule has 0 radical (unpaired) electrons. The third kappa shape index (κ3) is 0.705. The van der Waals surface area contributed by atoms with Crippen LogP contribution in [0.2, 0.25) is 0 Å². The molecule has 12 heavy (non-hydrogen) atoms. The normalized spacial score (nSPS) is 49.7. The summed E-state index contributed by atoms with van der Waals surface area (Å²) in [6.45, 7) is 0. The molecule has 4 heteroatoms. The molecule has 0 aromatic heterocycles. The molecule has 0 unspecified atom stereocenters. The van der Waals surface area contributed by atoms with Crippen molar-refractivity contribution < 1.29 is 14.3 Å². The lowest BCUT2D eigenvalue weighted by Crippen LogP contribution is -2.26. The first-order valence-corrected chi connectivity index (χ1v) is 4.26. The average molecular weight is 167 g/mol. The maximum absolute atomic E-state index is 11.2. The van der Waals surface area contributed by atoms with Crippen molar-refractivity contribution in [3.63, 3.8) is 0 Å². The lowest BCUT2D eigenvalue weighted by Gasteiger charge is -2.16. The fourth-order valence-corrected chi connectivity index (χ4v) is 2.31.